The molecule has 0 radical (unpaired) electrons. The second-order valence-electron chi connectivity index (χ2n) is 19.4. The van der Waals surface area contributed by atoms with Crippen LogP contribution in [0.5, 0.6) is 0 Å². The molecule has 0 unspecified atom stereocenters. The lowest BCUT2D eigenvalue weighted by Gasteiger charge is -2.13. The van der Waals surface area contributed by atoms with Crippen molar-refractivity contribution >= 4 is 0 Å². The lowest BCUT2D eigenvalue weighted by Crippen LogP contribution is -1.98. The van der Waals surface area contributed by atoms with Crippen molar-refractivity contribution in [1.82, 2.24) is 69.8 Å². The van der Waals surface area contributed by atoms with Crippen molar-refractivity contribution in [1.29, 1.82) is 0 Å². The fourth-order valence-corrected chi connectivity index (χ4v) is 9.80. The summed E-state index contributed by atoms with van der Waals surface area (Å²) in [7, 11) is 0. The molecule has 0 N–H and O–H groups in total. The van der Waals surface area contributed by atoms with Crippen LogP contribution >= 0.6 is 0 Å². The predicted octanol–water partition coefficient (Wildman–Crippen LogP) is 14.9. The van der Waals surface area contributed by atoms with Crippen LogP contribution < -0.4 is 0 Å². The van der Waals surface area contributed by atoms with Gasteiger partial charge in [-0.25, -0.2) is 39.9 Å². The first kappa shape index (κ1) is 50.3. The van der Waals surface area contributed by atoms with Gasteiger partial charge in [-0.15, -0.1) is 0 Å². The van der Waals surface area contributed by atoms with E-state index in [-0.39, 0.29) is 0 Å². The van der Waals surface area contributed by atoms with Crippen LogP contribution in [0.2, 0.25) is 0 Å². The van der Waals surface area contributed by atoms with Crippen molar-refractivity contribution < 1.29 is 0 Å². The van der Waals surface area contributed by atoms with E-state index in [1.807, 2.05) is 231 Å². The molecular formula is C70H44N14. The highest BCUT2D eigenvalue weighted by molar-refractivity contribution is 5.82. The maximum atomic E-state index is 5.28. The van der Waals surface area contributed by atoms with Gasteiger partial charge in [0.2, 0.25) is 0 Å². The largest absolute Gasteiger partial charge is 0.255 e. The van der Waals surface area contributed by atoms with Crippen molar-refractivity contribution in [2.75, 3.05) is 0 Å². The zero-order valence-electron chi connectivity index (χ0n) is 44.7. The molecule has 0 atom stereocenters. The summed E-state index contributed by atoms with van der Waals surface area (Å²) in [5.74, 6) is 0. The van der Waals surface area contributed by atoms with Gasteiger partial charge in [0.05, 0.1) is 125 Å². The molecule has 0 saturated carbocycles. The van der Waals surface area contributed by atoms with Crippen molar-refractivity contribution in [3.05, 3.63) is 268 Å². The van der Waals surface area contributed by atoms with Crippen molar-refractivity contribution in [3.8, 4) is 148 Å². The molecule has 14 aromatic rings. The lowest BCUT2D eigenvalue weighted by molar-refractivity contribution is 1.19. The molecule has 14 aromatic heterocycles. The van der Waals surface area contributed by atoms with E-state index in [0.29, 0.717) is 91.1 Å². The van der Waals surface area contributed by atoms with Crippen LogP contribution in [0.25, 0.3) is 148 Å². The number of aromatic nitrogens is 14. The Bertz CT molecular complexity index is 4360. The van der Waals surface area contributed by atoms with Crippen molar-refractivity contribution in [2.24, 2.45) is 0 Å². The fourth-order valence-electron chi connectivity index (χ4n) is 9.80. The zero-order valence-corrected chi connectivity index (χ0v) is 44.7. The van der Waals surface area contributed by atoms with E-state index in [0.717, 1.165) is 56.4 Å². The molecule has 0 aliphatic rings. The molecular weight excluding hydrogens is 1040 g/mol. The third-order valence-corrected chi connectivity index (χ3v) is 13.8. The third-order valence-electron chi connectivity index (χ3n) is 13.8. The molecule has 0 spiro atoms. The van der Waals surface area contributed by atoms with Gasteiger partial charge in [0.25, 0.3) is 0 Å². The Kier molecular flexibility index (Phi) is 13.6. The van der Waals surface area contributed by atoms with E-state index in [2.05, 4.69) is 9.97 Å². The normalized spacial score (nSPS) is 11.1. The molecule has 0 aliphatic heterocycles. The van der Waals surface area contributed by atoms with E-state index >= 15 is 0 Å². The van der Waals surface area contributed by atoms with Crippen LogP contribution in [0.15, 0.2) is 268 Å². The minimum atomic E-state index is 0.633. The summed E-state index contributed by atoms with van der Waals surface area (Å²) in [6.07, 6.45) is 10.6. The van der Waals surface area contributed by atoms with Crippen LogP contribution in [0.4, 0.5) is 0 Å². The molecule has 0 bridgehead atoms. The van der Waals surface area contributed by atoms with Gasteiger partial charge in [-0.3, -0.25) is 29.9 Å². The number of hydrogen-bond donors (Lipinski definition) is 0. The number of nitrogens with zero attached hydrogens (tertiary/aromatic N) is 14. The van der Waals surface area contributed by atoms with E-state index in [9.17, 15) is 0 Å². The minimum Gasteiger partial charge on any atom is -0.255 e. The molecule has 0 saturated heterocycles. The topological polar surface area (TPSA) is 180 Å². The molecule has 0 aliphatic carbocycles. The van der Waals surface area contributed by atoms with Crippen LogP contribution in [-0.4, -0.2) is 69.8 Å². The highest BCUT2D eigenvalue weighted by Gasteiger charge is 2.19. The van der Waals surface area contributed by atoms with Crippen molar-refractivity contribution in [3.63, 3.8) is 0 Å². The average molecular weight is 1080 g/mol. The lowest BCUT2D eigenvalue weighted by atomic mass is 10.00. The Morgan fingerprint density at radius 3 is 0.464 bits per heavy atom. The Hall–Kier alpha value is -11.9. The van der Waals surface area contributed by atoms with Gasteiger partial charge in [-0.1, -0.05) is 60.7 Å². The summed E-state index contributed by atoms with van der Waals surface area (Å²) in [5, 5.41) is 0. The van der Waals surface area contributed by atoms with E-state index in [4.69, 9.17) is 59.8 Å². The molecule has 394 valence electrons. The van der Waals surface area contributed by atoms with Crippen LogP contribution in [0.1, 0.15) is 0 Å². The van der Waals surface area contributed by atoms with Gasteiger partial charge < -0.3 is 0 Å². The summed E-state index contributed by atoms with van der Waals surface area (Å²) in [6.45, 7) is 0. The second kappa shape index (κ2) is 22.7. The van der Waals surface area contributed by atoms with Crippen LogP contribution in [0, 0.1) is 0 Å². The first-order valence-electron chi connectivity index (χ1n) is 27.0. The molecule has 14 heterocycles. The van der Waals surface area contributed by atoms with E-state index < -0.39 is 0 Å². The Morgan fingerprint density at radius 1 is 0.131 bits per heavy atom. The number of pyridine rings is 14. The Labute approximate surface area is 482 Å². The minimum absolute atomic E-state index is 0.633. The Morgan fingerprint density at radius 2 is 0.274 bits per heavy atom. The third kappa shape index (κ3) is 10.8. The SMILES string of the molecule is c1ccc(-c2cccc(-c3cc(-c4cc(-c5ccccn5)nc(-c5cccc(-c6cccc(-c7cc(-c8cc(-c9ccccn9)nc(-c9cccc(-c%10ccccn%10)n9)c8)cc(-c8ccccn8)n7)n6)n5)c4)cc(-c4ccccn4)n3)n2)nc1. The zero-order chi connectivity index (χ0) is 56.0. The van der Waals surface area contributed by atoms with Crippen LogP contribution in [-0.2, 0) is 0 Å². The van der Waals surface area contributed by atoms with Gasteiger partial charge in [-0.05, 0) is 192 Å². The maximum absolute atomic E-state index is 5.28. The summed E-state index contributed by atoms with van der Waals surface area (Å²) < 4.78 is 0. The summed E-state index contributed by atoms with van der Waals surface area (Å²) in [4.78, 5) is 69.4. The van der Waals surface area contributed by atoms with Gasteiger partial charge in [-0.2, -0.15) is 0 Å². The predicted molar refractivity (Wildman–Crippen MR) is 326 cm³/mol. The summed E-state index contributed by atoms with van der Waals surface area (Å²) in [5.41, 5.74) is 18.6. The number of rotatable bonds is 13. The van der Waals surface area contributed by atoms with Gasteiger partial charge >= 0.3 is 0 Å². The number of hydrogen-bond acceptors (Lipinski definition) is 14. The second-order valence-corrected chi connectivity index (χ2v) is 19.4. The van der Waals surface area contributed by atoms with Gasteiger partial charge in [0.15, 0.2) is 0 Å². The monoisotopic (exact) mass is 1080 g/mol. The standard InChI is InChI=1S/C70H44N14/c1-7-31-71-49(17-1)55-23-13-27-59(77-55)67-41-45(37-63(81-67)51-19-3-9-33-73-51)47-39-65(53-21-5-11-35-75-53)83-69(43-47)61-29-15-25-57(79-61)58-26-16-30-62(80-58)70-44-48(40-66(84-70)54-22-6-12-36-76-54)46-38-64(52-20-4-10-34-74-52)82-68(42-46)60-28-14-24-56(78-60)50-18-2-8-32-72-50/h1-44H. The molecule has 0 aromatic carbocycles. The first-order valence-corrected chi connectivity index (χ1v) is 27.0. The van der Waals surface area contributed by atoms with E-state index in [1.54, 1.807) is 37.2 Å². The molecule has 0 fully saturated rings. The highest BCUT2D eigenvalue weighted by Crippen LogP contribution is 2.37. The van der Waals surface area contributed by atoms with Crippen molar-refractivity contribution in [2.45, 2.75) is 0 Å². The molecule has 84 heavy (non-hydrogen) atoms. The molecule has 14 nitrogen and oxygen atoms in total. The molecule has 14 heteroatoms. The fraction of sp³-hybridized carbons (Fsp3) is 0. The molecule has 0 amide bonds. The van der Waals surface area contributed by atoms with Crippen LogP contribution in [0.3, 0.4) is 0 Å². The van der Waals surface area contributed by atoms with E-state index in [1.165, 1.54) is 0 Å². The summed E-state index contributed by atoms with van der Waals surface area (Å²) >= 11 is 0. The smallest absolute Gasteiger partial charge is 0.0900 e. The van der Waals surface area contributed by atoms with Gasteiger partial charge in [0, 0.05) is 37.2 Å². The highest BCUT2D eigenvalue weighted by atomic mass is 14.9. The van der Waals surface area contributed by atoms with Gasteiger partial charge in [0.1, 0.15) is 0 Å². The Balaban J connectivity index is 0.866. The quantitative estimate of drug-likeness (QED) is 0.106. The average Bonchev–Trinajstić information content (AvgIpc) is 3.29. The molecule has 14 rings (SSSR count). The summed E-state index contributed by atoms with van der Waals surface area (Å²) in [6, 6.07) is 74.7. The first-order chi connectivity index (χ1) is 41.6. The maximum Gasteiger partial charge on any atom is 0.0900 e.